The molecule has 0 aromatic carbocycles. The van der Waals surface area contributed by atoms with Gasteiger partial charge in [0.05, 0.1) is 0 Å². The zero-order valence-electron chi connectivity index (χ0n) is 11.1. The Hall–Kier alpha value is 0.400. The van der Waals surface area contributed by atoms with Crippen LogP contribution in [0.15, 0.2) is 0 Å². The number of nitrogens with zero attached hydrogens (tertiary/aromatic N) is 3. The Morgan fingerprint density at radius 3 is 1.00 bits per heavy atom. The fraction of sp³-hybridized carbons (Fsp3) is 1.00. The molecular weight excluding hydrogens is 269 g/mol. The fourth-order valence-corrected chi connectivity index (χ4v) is 6.90. The standard InChI is InChI=1S/C12H24N3OP.ClH/c16-17(13-7-1-2-8-13,14-9-3-4-10-14)15-11-5-6-12-15;/h1-12H2;1H. The van der Waals surface area contributed by atoms with Crippen molar-refractivity contribution in [1.29, 1.82) is 0 Å². The molecule has 0 atom stereocenters. The van der Waals surface area contributed by atoms with Crippen LogP contribution in [0.5, 0.6) is 0 Å². The molecule has 3 heterocycles. The Kier molecular flexibility index (Phi) is 5.13. The molecule has 3 aliphatic rings. The predicted octanol–water partition coefficient (Wildman–Crippen LogP) is 2.80. The van der Waals surface area contributed by atoms with Crippen molar-refractivity contribution in [1.82, 2.24) is 14.0 Å². The van der Waals surface area contributed by atoms with Gasteiger partial charge in [-0.1, -0.05) is 0 Å². The lowest BCUT2D eigenvalue weighted by Crippen LogP contribution is -2.37. The summed E-state index contributed by atoms with van der Waals surface area (Å²) in [6.07, 6.45) is 7.37. The molecule has 3 saturated heterocycles. The maximum Gasteiger partial charge on any atom is 0.286 e. The zero-order valence-corrected chi connectivity index (χ0v) is 12.8. The van der Waals surface area contributed by atoms with E-state index in [2.05, 4.69) is 14.0 Å². The Balaban J connectivity index is 0.00000120. The summed E-state index contributed by atoms with van der Waals surface area (Å²) in [5.41, 5.74) is 0. The van der Waals surface area contributed by atoms with Gasteiger partial charge in [-0.05, 0) is 38.5 Å². The van der Waals surface area contributed by atoms with Crippen LogP contribution in [0.25, 0.3) is 0 Å². The minimum atomic E-state index is -2.36. The van der Waals surface area contributed by atoms with Crippen molar-refractivity contribution in [3.05, 3.63) is 0 Å². The molecule has 6 heteroatoms. The van der Waals surface area contributed by atoms with Gasteiger partial charge < -0.3 is 0 Å². The van der Waals surface area contributed by atoms with Gasteiger partial charge in [-0.25, -0.2) is 14.0 Å². The Morgan fingerprint density at radius 1 is 0.556 bits per heavy atom. The van der Waals surface area contributed by atoms with Gasteiger partial charge in [0.25, 0.3) is 7.59 Å². The number of hydrogen-bond donors (Lipinski definition) is 0. The summed E-state index contributed by atoms with van der Waals surface area (Å²) in [6, 6.07) is 0. The first kappa shape index (κ1) is 14.8. The monoisotopic (exact) mass is 293 g/mol. The SMILES string of the molecule is Cl.O=P(N1CCCC1)(N1CCCC1)N1CCCC1. The van der Waals surface area contributed by atoms with E-state index in [-0.39, 0.29) is 12.4 Å². The topological polar surface area (TPSA) is 26.8 Å². The van der Waals surface area contributed by atoms with Crippen LogP contribution in [0.1, 0.15) is 38.5 Å². The van der Waals surface area contributed by atoms with E-state index in [1.165, 1.54) is 38.5 Å². The third-order valence-corrected chi connectivity index (χ3v) is 7.76. The average molecular weight is 294 g/mol. The highest BCUT2D eigenvalue weighted by Gasteiger charge is 2.45. The molecule has 0 aromatic heterocycles. The highest BCUT2D eigenvalue weighted by atomic mass is 35.5. The first-order valence-electron chi connectivity index (χ1n) is 7.18. The number of rotatable bonds is 3. The second-order valence-electron chi connectivity index (χ2n) is 5.50. The van der Waals surface area contributed by atoms with Gasteiger partial charge in [0.15, 0.2) is 0 Å². The van der Waals surface area contributed by atoms with Crippen molar-refractivity contribution < 1.29 is 4.57 Å². The highest BCUT2D eigenvalue weighted by molar-refractivity contribution is 7.56. The van der Waals surface area contributed by atoms with Crippen LogP contribution in [0.4, 0.5) is 0 Å². The summed E-state index contributed by atoms with van der Waals surface area (Å²) in [5.74, 6) is 0. The lowest BCUT2D eigenvalue weighted by atomic mass is 10.4. The van der Waals surface area contributed by atoms with Crippen molar-refractivity contribution in [3.8, 4) is 0 Å². The first-order chi connectivity index (χ1) is 8.32. The lowest BCUT2D eigenvalue weighted by Gasteiger charge is -2.40. The van der Waals surface area contributed by atoms with E-state index in [0.717, 1.165) is 39.3 Å². The largest absolute Gasteiger partial charge is 0.286 e. The molecule has 0 aromatic rings. The average Bonchev–Trinajstić information content (AvgIpc) is 3.10. The Bertz CT molecular complexity index is 263. The van der Waals surface area contributed by atoms with E-state index in [1.54, 1.807) is 0 Å². The smallest absolute Gasteiger partial charge is 0.270 e. The summed E-state index contributed by atoms with van der Waals surface area (Å²) in [5, 5.41) is 0. The first-order valence-corrected chi connectivity index (χ1v) is 8.75. The Labute approximate surface area is 117 Å². The minimum absolute atomic E-state index is 0. The van der Waals surface area contributed by atoms with Crippen molar-refractivity contribution in [2.24, 2.45) is 0 Å². The summed E-state index contributed by atoms with van der Waals surface area (Å²) in [7, 11) is -2.36. The van der Waals surface area contributed by atoms with Crippen LogP contribution in [0.2, 0.25) is 0 Å². The van der Waals surface area contributed by atoms with E-state index < -0.39 is 7.59 Å². The molecular formula is C12H25ClN3OP. The van der Waals surface area contributed by atoms with Crippen LogP contribution < -0.4 is 0 Å². The van der Waals surface area contributed by atoms with Crippen molar-refractivity contribution in [2.75, 3.05) is 39.3 Å². The minimum Gasteiger partial charge on any atom is -0.270 e. The molecule has 0 unspecified atom stereocenters. The van der Waals surface area contributed by atoms with Crippen molar-refractivity contribution in [3.63, 3.8) is 0 Å². The van der Waals surface area contributed by atoms with Crippen LogP contribution in [-0.2, 0) is 4.57 Å². The third-order valence-electron chi connectivity index (χ3n) is 4.35. The van der Waals surface area contributed by atoms with Crippen molar-refractivity contribution in [2.45, 2.75) is 38.5 Å². The van der Waals surface area contributed by atoms with Crippen molar-refractivity contribution >= 4 is 20.0 Å². The zero-order chi connectivity index (χ0) is 11.7. The third kappa shape index (κ3) is 2.51. The molecule has 106 valence electrons. The molecule has 18 heavy (non-hydrogen) atoms. The maximum absolute atomic E-state index is 13.6. The molecule has 0 aliphatic carbocycles. The van der Waals surface area contributed by atoms with Crippen LogP contribution >= 0.6 is 20.0 Å². The molecule has 0 radical (unpaired) electrons. The summed E-state index contributed by atoms with van der Waals surface area (Å²) in [6.45, 7) is 6.28. The van der Waals surface area contributed by atoms with Crippen LogP contribution in [0, 0.1) is 0 Å². The molecule has 0 bridgehead atoms. The van der Waals surface area contributed by atoms with E-state index >= 15 is 0 Å². The quantitative estimate of drug-likeness (QED) is 0.748. The van der Waals surface area contributed by atoms with Gasteiger partial charge >= 0.3 is 0 Å². The second kappa shape index (κ2) is 6.23. The van der Waals surface area contributed by atoms with Crippen LogP contribution in [0.3, 0.4) is 0 Å². The predicted molar refractivity (Wildman–Crippen MR) is 77.3 cm³/mol. The highest BCUT2D eigenvalue weighted by Crippen LogP contribution is 2.59. The van der Waals surface area contributed by atoms with E-state index in [1.807, 2.05) is 0 Å². The molecule has 4 nitrogen and oxygen atoms in total. The number of halogens is 1. The summed E-state index contributed by atoms with van der Waals surface area (Å²) >= 11 is 0. The molecule has 0 spiro atoms. The van der Waals surface area contributed by atoms with Gasteiger partial charge in [-0.2, -0.15) is 0 Å². The summed E-state index contributed by atoms with van der Waals surface area (Å²) in [4.78, 5) is 0. The normalized spacial score (nSPS) is 27.8. The molecule has 0 N–H and O–H groups in total. The van der Waals surface area contributed by atoms with E-state index in [9.17, 15) is 4.57 Å². The molecule has 3 aliphatic heterocycles. The van der Waals surface area contributed by atoms with Gasteiger partial charge in [0, 0.05) is 39.3 Å². The fourth-order valence-electron chi connectivity index (χ4n) is 3.42. The molecule has 0 amide bonds. The molecule has 0 saturated carbocycles. The van der Waals surface area contributed by atoms with Gasteiger partial charge in [-0.15, -0.1) is 12.4 Å². The maximum atomic E-state index is 13.6. The number of hydrogen-bond acceptors (Lipinski definition) is 1. The van der Waals surface area contributed by atoms with E-state index in [4.69, 9.17) is 0 Å². The van der Waals surface area contributed by atoms with E-state index in [0.29, 0.717) is 0 Å². The second-order valence-corrected chi connectivity index (χ2v) is 8.22. The Morgan fingerprint density at radius 2 is 0.778 bits per heavy atom. The lowest BCUT2D eigenvalue weighted by molar-refractivity contribution is 0.322. The van der Waals surface area contributed by atoms with Crippen LogP contribution in [-0.4, -0.2) is 53.3 Å². The van der Waals surface area contributed by atoms with Gasteiger partial charge in [0.2, 0.25) is 0 Å². The molecule has 3 fully saturated rings. The van der Waals surface area contributed by atoms with Gasteiger partial charge in [-0.3, -0.25) is 4.57 Å². The summed E-state index contributed by atoms with van der Waals surface area (Å²) < 4.78 is 20.5. The molecule has 3 rings (SSSR count). The van der Waals surface area contributed by atoms with Gasteiger partial charge in [0.1, 0.15) is 0 Å².